The van der Waals surface area contributed by atoms with Crippen molar-refractivity contribution in [2.45, 2.75) is 90.3 Å². The number of carbonyl (C=O) groups is 2. The number of amides is 2. The Morgan fingerprint density at radius 1 is 1.00 bits per heavy atom. The standard InChI is InChI=1S/C30H41Cl2N3O4S/c1-4-22-16-18-24(19-17-22)35(40(3,38)39)20-10-15-29(36)34(21-25-26(31)13-9-14-27(25)32)28(5-2)30(37)33-23-11-7-6-8-12-23/h9,13-14,16-19,23,28H,4-8,10-12,15,20-21H2,1-3H3,(H,33,37)/t28-/m1/s1. The number of hydrogen-bond donors (Lipinski definition) is 1. The lowest BCUT2D eigenvalue weighted by molar-refractivity contribution is -0.141. The number of nitrogens with zero attached hydrogens (tertiary/aromatic N) is 2. The molecule has 220 valence electrons. The first-order chi connectivity index (χ1) is 19.0. The minimum Gasteiger partial charge on any atom is -0.352 e. The molecule has 2 aromatic carbocycles. The first-order valence-electron chi connectivity index (χ1n) is 14.1. The van der Waals surface area contributed by atoms with E-state index < -0.39 is 16.1 Å². The Morgan fingerprint density at radius 3 is 2.17 bits per heavy atom. The molecule has 1 N–H and O–H groups in total. The lowest BCUT2D eigenvalue weighted by Gasteiger charge is -2.33. The van der Waals surface area contributed by atoms with E-state index in [1.807, 2.05) is 26.0 Å². The summed E-state index contributed by atoms with van der Waals surface area (Å²) >= 11 is 12.9. The number of nitrogens with one attached hydrogen (secondary N) is 1. The van der Waals surface area contributed by atoms with Crippen LogP contribution in [0.4, 0.5) is 5.69 Å². The molecule has 0 radical (unpaired) electrons. The summed E-state index contributed by atoms with van der Waals surface area (Å²) in [5.41, 5.74) is 2.25. The molecule has 1 aliphatic rings. The normalized spacial score (nSPS) is 14.9. The Balaban J connectivity index is 1.79. The molecule has 2 aromatic rings. The van der Waals surface area contributed by atoms with Gasteiger partial charge in [-0.3, -0.25) is 13.9 Å². The van der Waals surface area contributed by atoms with Gasteiger partial charge >= 0.3 is 0 Å². The van der Waals surface area contributed by atoms with E-state index in [0.29, 0.717) is 27.7 Å². The SMILES string of the molecule is CCc1ccc(N(CCCC(=O)N(Cc2c(Cl)cccc2Cl)[C@H](CC)C(=O)NC2CCCCC2)S(C)(=O)=O)cc1. The maximum absolute atomic E-state index is 13.7. The van der Waals surface area contributed by atoms with Gasteiger partial charge in [0.2, 0.25) is 21.8 Å². The van der Waals surface area contributed by atoms with Crippen LogP contribution < -0.4 is 9.62 Å². The van der Waals surface area contributed by atoms with Gasteiger partial charge in [0.15, 0.2) is 0 Å². The van der Waals surface area contributed by atoms with Crippen molar-refractivity contribution in [3.8, 4) is 0 Å². The average Bonchev–Trinajstić information content (AvgIpc) is 2.92. The maximum atomic E-state index is 13.7. The van der Waals surface area contributed by atoms with E-state index in [1.165, 1.54) is 10.7 Å². The van der Waals surface area contributed by atoms with Crippen molar-refractivity contribution in [2.24, 2.45) is 0 Å². The molecule has 1 atom stereocenters. The Labute approximate surface area is 249 Å². The van der Waals surface area contributed by atoms with Gasteiger partial charge in [0, 0.05) is 41.2 Å². The first kappa shape index (κ1) is 32.2. The molecule has 1 saturated carbocycles. The predicted octanol–water partition coefficient (Wildman–Crippen LogP) is 6.36. The van der Waals surface area contributed by atoms with Gasteiger partial charge in [0.1, 0.15) is 6.04 Å². The monoisotopic (exact) mass is 609 g/mol. The fourth-order valence-electron chi connectivity index (χ4n) is 5.22. The smallest absolute Gasteiger partial charge is 0.243 e. The number of halogens is 2. The number of hydrogen-bond acceptors (Lipinski definition) is 4. The van der Waals surface area contributed by atoms with Crippen molar-refractivity contribution in [1.82, 2.24) is 10.2 Å². The summed E-state index contributed by atoms with van der Waals surface area (Å²) in [6.07, 6.45) is 8.00. The molecule has 1 fully saturated rings. The fourth-order valence-corrected chi connectivity index (χ4v) is 6.70. The molecule has 3 rings (SSSR count). The first-order valence-corrected chi connectivity index (χ1v) is 16.7. The molecule has 0 heterocycles. The van der Waals surface area contributed by atoms with Gasteiger partial charge < -0.3 is 10.2 Å². The van der Waals surface area contributed by atoms with E-state index in [4.69, 9.17) is 23.2 Å². The third-order valence-electron chi connectivity index (χ3n) is 7.51. The van der Waals surface area contributed by atoms with E-state index in [1.54, 1.807) is 35.2 Å². The number of sulfonamides is 1. The van der Waals surface area contributed by atoms with Crippen LogP contribution in [0.25, 0.3) is 0 Å². The second kappa shape index (κ2) is 15.1. The maximum Gasteiger partial charge on any atom is 0.243 e. The number of aryl methyl sites for hydroxylation is 1. The van der Waals surface area contributed by atoms with Crippen molar-refractivity contribution in [3.05, 3.63) is 63.6 Å². The summed E-state index contributed by atoms with van der Waals surface area (Å²) in [6.45, 7) is 4.14. The van der Waals surface area contributed by atoms with Crippen LogP contribution in [0, 0.1) is 0 Å². The lowest BCUT2D eigenvalue weighted by atomic mass is 9.95. The van der Waals surface area contributed by atoms with Gasteiger partial charge in [0.25, 0.3) is 0 Å². The van der Waals surface area contributed by atoms with Crippen LogP contribution in [0.15, 0.2) is 42.5 Å². The van der Waals surface area contributed by atoms with Crippen molar-refractivity contribution in [1.29, 1.82) is 0 Å². The quantitative estimate of drug-likeness (QED) is 0.286. The number of carbonyl (C=O) groups excluding carboxylic acids is 2. The summed E-state index contributed by atoms with van der Waals surface area (Å²) in [7, 11) is -3.56. The van der Waals surface area contributed by atoms with Crippen molar-refractivity contribution < 1.29 is 18.0 Å². The van der Waals surface area contributed by atoms with E-state index >= 15 is 0 Å². The molecule has 0 unspecified atom stereocenters. The summed E-state index contributed by atoms with van der Waals surface area (Å²) < 4.78 is 26.5. The zero-order valence-corrected chi connectivity index (χ0v) is 26.0. The van der Waals surface area contributed by atoms with E-state index in [2.05, 4.69) is 5.32 Å². The second-order valence-electron chi connectivity index (χ2n) is 10.4. The highest BCUT2D eigenvalue weighted by Gasteiger charge is 2.31. The van der Waals surface area contributed by atoms with Crippen molar-refractivity contribution in [2.75, 3.05) is 17.1 Å². The Kier molecular flexibility index (Phi) is 12.2. The van der Waals surface area contributed by atoms with Gasteiger partial charge in [0.05, 0.1) is 11.9 Å². The van der Waals surface area contributed by atoms with Crippen LogP contribution >= 0.6 is 23.2 Å². The molecular weight excluding hydrogens is 569 g/mol. The van der Waals surface area contributed by atoms with Crippen LogP contribution in [-0.2, 0) is 32.6 Å². The Bertz CT molecular complexity index is 1230. The minimum atomic E-state index is -3.56. The highest BCUT2D eigenvalue weighted by molar-refractivity contribution is 7.92. The highest BCUT2D eigenvalue weighted by atomic mass is 35.5. The molecule has 7 nitrogen and oxygen atoms in total. The second-order valence-corrected chi connectivity index (χ2v) is 13.2. The summed E-state index contributed by atoms with van der Waals surface area (Å²) in [5, 5.41) is 4.00. The fraction of sp³-hybridized carbons (Fsp3) is 0.533. The highest BCUT2D eigenvalue weighted by Crippen LogP contribution is 2.28. The van der Waals surface area contributed by atoms with Crippen LogP contribution in [0.2, 0.25) is 10.0 Å². The molecule has 0 aromatic heterocycles. The molecular formula is C30H41Cl2N3O4S. The van der Waals surface area contributed by atoms with E-state index in [-0.39, 0.29) is 43.8 Å². The number of benzene rings is 2. The molecule has 40 heavy (non-hydrogen) atoms. The minimum absolute atomic E-state index is 0.0638. The zero-order chi connectivity index (χ0) is 29.3. The molecule has 10 heteroatoms. The average molecular weight is 611 g/mol. The van der Waals surface area contributed by atoms with Crippen LogP contribution in [0.5, 0.6) is 0 Å². The van der Waals surface area contributed by atoms with Gasteiger partial charge in [-0.05, 0) is 61.9 Å². The molecule has 0 spiro atoms. The third kappa shape index (κ3) is 8.85. The van der Waals surface area contributed by atoms with Gasteiger partial charge in [-0.2, -0.15) is 0 Å². The molecule has 1 aliphatic carbocycles. The zero-order valence-electron chi connectivity index (χ0n) is 23.7. The van der Waals surface area contributed by atoms with E-state index in [9.17, 15) is 18.0 Å². The topological polar surface area (TPSA) is 86.8 Å². The van der Waals surface area contributed by atoms with Crippen LogP contribution in [-0.4, -0.2) is 50.0 Å². The van der Waals surface area contributed by atoms with Crippen LogP contribution in [0.1, 0.15) is 76.3 Å². The summed E-state index contributed by atoms with van der Waals surface area (Å²) in [5.74, 6) is -0.434. The van der Waals surface area contributed by atoms with Crippen molar-refractivity contribution >= 4 is 50.7 Å². The van der Waals surface area contributed by atoms with Crippen molar-refractivity contribution in [3.63, 3.8) is 0 Å². The molecule has 0 aliphatic heterocycles. The summed E-state index contributed by atoms with van der Waals surface area (Å²) in [6, 6.07) is 12.0. The third-order valence-corrected chi connectivity index (χ3v) is 9.41. The molecule has 2 amide bonds. The van der Waals surface area contributed by atoms with E-state index in [0.717, 1.165) is 43.9 Å². The van der Waals surface area contributed by atoms with Gasteiger partial charge in [-0.1, -0.05) is 74.5 Å². The molecule has 0 bridgehead atoms. The number of anilines is 1. The van der Waals surface area contributed by atoms with Gasteiger partial charge in [-0.25, -0.2) is 8.42 Å². The largest absolute Gasteiger partial charge is 0.352 e. The van der Waals surface area contributed by atoms with Crippen LogP contribution in [0.3, 0.4) is 0 Å². The Hall–Kier alpha value is -2.29. The Morgan fingerprint density at radius 2 is 1.62 bits per heavy atom. The number of rotatable bonds is 13. The lowest BCUT2D eigenvalue weighted by Crippen LogP contribution is -2.51. The summed E-state index contributed by atoms with van der Waals surface area (Å²) in [4.78, 5) is 28.7. The molecule has 0 saturated heterocycles. The van der Waals surface area contributed by atoms with Gasteiger partial charge in [-0.15, -0.1) is 0 Å². The predicted molar refractivity (Wildman–Crippen MR) is 163 cm³/mol.